The van der Waals surface area contributed by atoms with Crippen molar-refractivity contribution in [2.45, 2.75) is 19.9 Å². The van der Waals surface area contributed by atoms with Gasteiger partial charge in [0.25, 0.3) is 0 Å². The van der Waals surface area contributed by atoms with Gasteiger partial charge in [0, 0.05) is 26.0 Å². The molecule has 0 saturated carbocycles. The van der Waals surface area contributed by atoms with E-state index in [-0.39, 0.29) is 24.0 Å². The van der Waals surface area contributed by atoms with E-state index < -0.39 is 0 Å². The van der Waals surface area contributed by atoms with Gasteiger partial charge in [-0.15, -0.1) is 35.3 Å². The second-order valence-electron chi connectivity index (χ2n) is 6.08. The molecule has 0 saturated heterocycles. The van der Waals surface area contributed by atoms with Gasteiger partial charge in [0.2, 0.25) is 0 Å². The molecule has 0 bridgehead atoms. The Morgan fingerprint density at radius 1 is 1.19 bits per heavy atom. The van der Waals surface area contributed by atoms with E-state index in [0.717, 1.165) is 36.2 Å². The predicted molar refractivity (Wildman–Crippen MR) is 123 cm³/mol. The number of rotatable bonds is 5. The van der Waals surface area contributed by atoms with Crippen LogP contribution in [-0.4, -0.2) is 36.5 Å². The molecule has 26 heavy (non-hydrogen) atoms. The average molecular weight is 480 g/mol. The lowest BCUT2D eigenvalue weighted by molar-refractivity contribution is 0.471. The molecule has 1 heterocycles. The minimum atomic E-state index is 0. The maximum absolute atomic E-state index is 4.52. The van der Waals surface area contributed by atoms with Crippen LogP contribution in [0.3, 0.4) is 0 Å². The van der Waals surface area contributed by atoms with Crippen molar-refractivity contribution in [2.24, 2.45) is 4.99 Å². The maximum Gasteiger partial charge on any atom is 0.193 e. The summed E-state index contributed by atoms with van der Waals surface area (Å²) in [7, 11) is 3.87. The third kappa shape index (κ3) is 5.17. The minimum absolute atomic E-state index is 0. The molecule has 1 aromatic heterocycles. The highest BCUT2D eigenvalue weighted by atomic mass is 127. The SMILES string of the molecule is CN=C(NCCc1cccc2ccccc12)N(C)Cc1csc(C)n1.I. The lowest BCUT2D eigenvalue weighted by atomic mass is 10.0. The van der Waals surface area contributed by atoms with Crippen LogP contribution in [0.5, 0.6) is 0 Å². The molecular formula is C20H25IN4S. The van der Waals surface area contributed by atoms with Crippen molar-refractivity contribution in [3.05, 3.63) is 64.1 Å². The topological polar surface area (TPSA) is 40.5 Å². The van der Waals surface area contributed by atoms with Crippen LogP contribution in [0.15, 0.2) is 52.8 Å². The van der Waals surface area contributed by atoms with Crippen LogP contribution < -0.4 is 5.32 Å². The second kappa shape index (κ2) is 9.87. The number of halogens is 1. The first kappa shape index (κ1) is 20.6. The third-order valence-electron chi connectivity index (χ3n) is 4.20. The molecule has 0 amide bonds. The molecule has 0 atom stereocenters. The van der Waals surface area contributed by atoms with Gasteiger partial charge in [0.1, 0.15) is 0 Å². The van der Waals surface area contributed by atoms with E-state index in [4.69, 9.17) is 0 Å². The van der Waals surface area contributed by atoms with Crippen molar-refractivity contribution in [2.75, 3.05) is 20.6 Å². The molecule has 0 aliphatic rings. The number of nitrogens with zero attached hydrogens (tertiary/aromatic N) is 3. The van der Waals surface area contributed by atoms with Crippen molar-refractivity contribution in [1.29, 1.82) is 0 Å². The predicted octanol–water partition coefficient (Wildman–Crippen LogP) is 4.47. The Labute approximate surface area is 176 Å². The standard InChI is InChI=1S/C20H24N4S.HI/c1-15-23-18(14-25-15)13-24(3)20(21-2)22-12-11-17-9-6-8-16-7-4-5-10-19(16)17;/h4-10,14H,11-13H2,1-3H3,(H,21,22);1H. The summed E-state index contributed by atoms with van der Waals surface area (Å²) in [6.45, 7) is 3.64. The van der Waals surface area contributed by atoms with E-state index in [1.165, 1.54) is 16.3 Å². The summed E-state index contributed by atoms with van der Waals surface area (Å²) in [5, 5.41) is 9.29. The number of benzene rings is 2. The summed E-state index contributed by atoms with van der Waals surface area (Å²) < 4.78 is 0. The molecule has 0 aliphatic heterocycles. The number of guanidine groups is 1. The molecule has 0 unspecified atom stereocenters. The van der Waals surface area contributed by atoms with Crippen molar-refractivity contribution >= 4 is 52.0 Å². The molecule has 3 aromatic rings. The number of aliphatic imine (C=N–C) groups is 1. The van der Waals surface area contributed by atoms with Crippen molar-refractivity contribution < 1.29 is 0 Å². The van der Waals surface area contributed by atoms with E-state index in [9.17, 15) is 0 Å². The van der Waals surface area contributed by atoms with Crippen LogP contribution in [0.4, 0.5) is 0 Å². The van der Waals surface area contributed by atoms with Gasteiger partial charge in [-0.05, 0) is 29.7 Å². The smallest absolute Gasteiger partial charge is 0.193 e. The van der Waals surface area contributed by atoms with Gasteiger partial charge in [0.05, 0.1) is 17.2 Å². The molecule has 0 spiro atoms. The molecular weight excluding hydrogens is 455 g/mol. The Morgan fingerprint density at radius 3 is 2.69 bits per heavy atom. The summed E-state index contributed by atoms with van der Waals surface area (Å²) in [5.74, 6) is 0.894. The Kier molecular flexibility index (Phi) is 7.84. The summed E-state index contributed by atoms with van der Waals surface area (Å²) in [6, 6.07) is 15.0. The van der Waals surface area contributed by atoms with Gasteiger partial charge < -0.3 is 10.2 Å². The monoisotopic (exact) mass is 480 g/mol. The molecule has 1 N–H and O–H groups in total. The molecule has 138 valence electrons. The quantitative estimate of drug-likeness (QED) is 0.333. The number of hydrogen-bond donors (Lipinski definition) is 1. The summed E-state index contributed by atoms with van der Waals surface area (Å²) >= 11 is 1.68. The minimum Gasteiger partial charge on any atom is -0.356 e. The number of aryl methyl sites for hydroxylation is 1. The van der Waals surface area contributed by atoms with Gasteiger partial charge >= 0.3 is 0 Å². The van der Waals surface area contributed by atoms with E-state index in [1.807, 2.05) is 21.0 Å². The van der Waals surface area contributed by atoms with Crippen molar-refractivity contribution in [3.63, 3.8) is 0 Å². The van der Waals surface area contributed by atoms with Crippen molar-refractivity contribution in [3.8, 4) is 0 Å². The van der Waals surface area contributed by atoms with Crippen LogP contribution >= 0.6 is 35.3 Å². The molecule has 6 heteroatoms. The number of nitrogens with one attached hydrogen (secondary N) is 1. The van der Waals surface area contributed by atoms with Gasteiger partial charge in [0.15, 0.2) is 5.96 Å². The molecule has 0 fully saturated rings. The summed E-state index contributed by atoms with van der Waals surface area (Å²) in [4.78, 5) is 11.0. The van der Waals surface area contributed by atoms with Crippen LogP contribution in [-0.2, 0) is 13.0 Å². The van der Waals surface area contributed by atoms with E-state index in [2.05, 4.69) is 68.0 Å². The molecule has 0 aliphatic carbocycles. The van der Waals surface area contributed by atoms with Crippen LogP contribution in [0.2, 0.25) is 0 Å². The lowest BCUT2D eigenvalue weighted by Crippen LogP contribution is -2.39. The number of hydrogen-bond acceptors (Lipinski definition) is 3. The molecule has 0 radical (unpaired) electrons. The number of aromatic nitrogens is 1. The van der Waals surface area contributed by atoms with Gasteiger partial charge in [-0.1, -0.05) is 42.5 Å². The fourth-order valence-electron chi connectivity index (χ4n) is 3.00. The first-order valence-corrected chi connectivity index (χ1v) is 9.35. The van der Waals surface area contributed by atoms with Crippen LogP contribution in [0.1, 0.15) is 16.3 Å². The van der Waals surface area contributed by atoms with E-state index in [1.54, 1.807) is 11.3 Å². The zero-order valence-corrected chi connectivity index (χ0v) is 18.5. The Balaban J connectivity index is 0.00000243. The Hall–Kier alpha value is -1.67. The normalized spacial score (nSPS) is 11.3. The van der Waals surface area contributed by atoms with Gasteiger partial charge in [-0.25, -0.2) is 4.98 Å². The van der Waals surface area contributed by atoms with Gasteiger partial charge in [-0.2, -0.15) is 0 Å². The summed E-state index contributed by atoms with van der Waals surface area (Å²) in [6.07, 6.45) is 0.962. The lowest BCUT2D eigenvalue weighted by Gasteiger charge is -2.21. The van der Waals surface area contributed by atoms with Crippen molar-refractivity contribution in [1.82, 2.24) is 15.2 Å². The fraction of sp³-hybridized carbons (Fsp3) is 0.300. The highest BCUT2D eigenvalue weighted by Gasteiger charge is 2.08. The largest absolute Gasteiger partial charge is 0.356 e. The zero-order chi connectivity index (χ0) is 17.6. The van der Waals surface area contributed by atoms with E-state index in [0.29, 0.717) is 0 Å². The maximum atomic E-state index is 4.52. The average Bonchev–Trinajstić information content (AvgIpc) is 3.03. The second-order valence-corrected chi connectivity index (χ2v) is 7.14. The van der Waals surface area contributed by atoms with Gasteiger partial charge in [-0.3, -0.25) is 4.99 Å². The number of thiazole rings is 1. The van der Waals surface area contributed by atoms with Crippen LogP contribution in [0, 0.1) is 6.92 Å². The fourth-order valence-corrected chi connectivity index (χ4v) is 3.61. The first-order valence-electron chi connectivity index (χ1n) is 8.47. The molecule has 2 aromatic carbocycles. The van der Waals surface area contributed by atoms with E-state index >= 15 is 0 Å². The number of fused-ring (bicyclic) bond motifs is 1. The molecule has 3 rings (SSSR count). The summed E-state index contributed by atoms with van der Waals surface area (Å²) in [5.41, 5.74) is 2.45. The highest BCUT2D eigenvalue weighted by Crippen LogP contribution is 2.18. The van der Waals surface area contributed by atoms with Crippen LogP contribution in [0.25, 0.3) is 10.8 Å². The molecule has 4 nitrogen and oxygen atoms in total. The first-order chi connectivity index (χ1) is 12.2. The Bertz CT molecular complexity index is 870. The third-order valence-corrected chi connectivity index (χ3v) is 5.02. The Morgan fingerprint density at radius 2 is 1.96 bits per heavy atom. The zero-order valence-electron chi connectivity index (χ0n) is 15.4. The highest BCUT2D eigenvalue weighted by molar-refractivity contribution is 14.0.